The summed E-state index contributed by atoms with van der Waals surface area (Å²) in [6.45, 7) is 4.54. The first-order valence-corrected chi connectivity index (χ1v) is 8.62. The van der Waals surface area contributed by atoms with Crippen molar-refractivity contribution in [2.75, 3.05) is 0 Å². The summed E-state index contributed by atoms with van der Waals surface area (Å²) in [5.41, 5.74) is 1.11. The lowest BCUT2D eigenvalue weighted by Crippen LogP contribution is -2.10. The van der Waals surface area contributed by atoms with Crippen LogP contribution in [0.1, 0.15) is 25.1 Å². The van der Waals surface area contributed by atoms with Gasteiger partial charge in [0, 0.05) is 11.8 Å². The highest BCUT2D eigenvalue weighted by Gasteiger charge is 2.61. The first-order chi connectivity index (χ1) is 10.8. The van der Waals surface area contributed by atoms with Crippen LogP contribution in [0.2, 0.25) is 0 Å². The quantitative estimate of drug-likeness (QED) is 0.515. The molecule has 0 unspecified atom stereocenters. The van der Waals surface area contributed by atoms with Crippen molar-refractivity contribution in [3.8, 4) is 18.4 Å². The minimum Gasteiger partial charge on any atom is -0.461 e. The van der Waals surface area contributed by atoms with E-state index in [0.717, 1.165) is 8.96 Å². The van der Waals surface area contributed by atoms with E-state index in [9.17, 15) is 4.79 Å². The second kappa shape index (κ2) is 6.95. The normalized spacial score (nSPS) is 21.0. The Labute approximate surface area is 152 Å². The smallest absolute Gasteiger partial charge is 0.310 e. The predicted octanol–water partition coefficient (Wildman–Crippen LogP) is 3.94. The van der Waals surface area contributed by atoms with Crippen molar-refractivity contribution in [3.05, 3.63) is 33.0 Å². The van der Waals surface area contributed by atoms with Crippen LogP contribution in [0.4, 0.5) is 0 Å². The third-order valence-electron chi connectivity index (χ3n) is 4.18. The molecule has 4 nitrogen and oxygen atoms in total. The number of hydrogen-bond acceptors (Lipinski definition) is 3. The minimum atomic E-state index is -0.222. The van der Waals surface area contributed by atoms with Crippen LogP contribution in [0, 0.1) is 40.9 Å². The van der Waals surface area contributed by atoms with E-state index in [1.54, 1.807) is 16.8 Å². The van der Waals surface area contributed by atoms with Crippen molar-refractivity contribution < 1.29 is 9.53 Å². The molecule has 1 aliphatic rings. The molecule has 23 heavy (non-hydrogen) atoms. The van der Waals surface area contributed by atoms with Gasteiger partial charge in [0.1, 0.15) is 18.4 Å². The van der Waals surface area contributed by atoms with Gasteiger partial charge in [0.25, 0.3) is 0 Å². The number of esters is 1. The van der Waals surface area contributed by atoms with Crippen LogP contribution in [-0.2, 0) is 22.7 Å². The monoisotopic (exact) mass is 438 g/mol. The third-order valence-corrected chi connectivity index (χ3v) is 4.71. The van der Waals surface area contributed by atoms with Gasteiger partial charge in [-0.2, -0.15) is 5.26 Å². The lowest BCUT2D eigenvalue weighted by Gasteiger charge is -2.04. The van der Waals surface area contributed by atoms with Crippen LogP contribution in [0.25, 0.3) is 0 Å². The van der Waals surface area contributed by atoms with Gasteiger partial charge in [-0.3, -0.25) is 4.79 Å². The highest BCUT2D eigenvalue weighted by Crippen LogP contribution is 2.60. The zero-order chi connectivity index (χ0) is 17.2. The van der Waals surface area contributed by atoms with Gasteiger partial charge in [-0.15, -0.1) is 6.42 Å². The molecule has 0 spiro atoms. The summed E-state index contributed by atoms with van der Waals surface area (Å²) in [7, 11) is 0. The number of nitriles is 1. The van der Waals surface area contributed by atoms with E-state index in [4.69, 9.17) is 16.4 Å². The number of terminal acetylenes is 1. The van der Waals surface area contributed by atoms with E-state index in [1.807, 2.05) is 19.9 Å². The standard InChI is InChI=1S/C17H16Br2N2O2/c1-4-5-21-9-11(6-12(21)8-20)10-23-16(22)15-13(7-14(18)19)17(15,2)3/h1,6-7,9,13,15H,5,10H2,2-3H3/t13-,15-/m1/s1. The second-order valence-corrected chi connectivity index (χ2v) is 8.84. The first-order valence-electron chi connectivity index (χ1n) is 7.03. The molecule has 2 rings (SSSR count). The van der Waals surface area contributed by atoms with Gasteiger partial charge in [0.05, 0.1) is 15.9 Å². The van der Waals surface area contributed by atoms with Crippen LogP contribution >= 0.6 is 31.9 Å². The molecule has 0 aliphatic heterocycles. The number of hydrogen-bond donors (Lipinski definition) is 0. The molecular weight excluding hydrogens is 424 g/mol. The highest BCUT2D eigenvalue weighted by molar-refractivity contribution is 9.28. The molecule has 1 saturated carbocycles. The van der Waals surface area contributed by atoms with Gasteiger partial charge >= 0.3 is 5.97 Å². The molecule has 1 fully saturated rings. The Balaban J connectivity index is 2.00. The topological polar surface area (TPSA) is 55.0 Å². The lowest BCUT2D eigenvalue weighted by atomic mass is 10.1. The first kappa shape index (κ1) is 17.8. The fourth-order valence-electron chi connectivity index (χ4n) is 2.79. The Morgan fingerprint density at radius 3 is 2.83 bits per heavy atom. The van der Waals surface area contributed by atoms with E-state index >= 15 is 0 Å². The molecule has 0 saturated heterocycles. The average molecular weight is 440 g/mol. The maximum absolute atomic E-state index is 12.3. The molecule has 1 aliphatic carbocycles. The number of nitrogens with zero attached hydrogens (tertiary/aromatic N) is 2. The summed E-state index contributed by atoms with van der Waals surface area (Å²) in [5, 5.41) is 9.06. The van der Waals surface area contributed by atoms with E-state index in [-0.39, 0.29) is 29.8 Å². The molecule has 0 amide bonds. The van der Waals surface area contributed by atoms with E-state index < -0.39 is 0 Å². The molecule has 1 heterocycles. The fourth-order valence-corrected chi connectivity index (χ4v) is 3.36. The van der Waals surface area contributed by atoms with Crippen LogP contribution in [-0.4, -0.2) is 10.5 Å². The molecule has 1 aromatic heterocycles. The molecular formula is C17H16Br2N2O2. The summed E-state index contributed by atoms with van der Waals surface area (Å²) in [4.78, 5) is 12.3. The molecule has 0 bridgehead atoms. The van der Waals surface area contributed by atoms with E-state index in [0.29, 0.717) is 12.2 Å². The van der Waals surface area contributed by atoms with Crippen LogP contribution in [0.3, 0.4) is 0 Å². The summed E-state index contributed by atoms with van der Waals surface area (Å²) in [6.07, 6.45) is 8.99. The SMILES string of the molecule is C#CCn1cc(COC(=O)[C@H]2[C@@H](C=C(Br)Br)C2(C)C)cc1C#N. The average Bonchev–Trinajstić information content (AvgIpc) is 2.82. The second-order valence-electron chi connectivity index (χ2n) is 6.07. The highest BCUT2D eigenvalue weighted by atomic mass is 79.9. The van der Waals surface area contributed by atoms with E-state index in [1.165, 1.54) is 0 Å². The molecule has 1 aromatic rings. The number of carbonyl (C=O) groups excluding carboxylic acids is 1. The van der Waals surface area contributed by atoms with Gasteiger partial charge in [-0.25, -0.2) is 0 Å². The van der Waals surface area contributed by atoms with Gasteiger partial charge in [-0.05, 0) is 49.3 Å². The third kappa shape index (κ3) is 3.88. The molecule has 0 N–H and O–H groups in total. The molecule has 2 atom stereocenters. The maximum Gasteiger partial charge on any atom is 0.310 e. The Morgan fingerprint density at radius 2 is 2.26 bits per heavy atom. The summed E-state index contributed by atoms with van der Waals surface area (Å²) >= 11 is 6.66. The molecule has 120 valence electrons. The largest absolute Gasteiger partial charge is 0.461 e. The Bertz CT molecular complexity index is 731. The van der Waals surface area contributed by atoms with Crippen LogP contribution in [0.15, 0.2) is 21.7 Å². The molecule has 0 aromatic carbocycles. The van der Waals surface area contributed by atoms with Crippen molar-refractivity contribution in [1.29, 1.82) is 5.26 Å². The number of rotatable bonds is 5. The van der Waals surface area contributed by atoms with Gasteiger partial charge in [-0.1, -0.05) is 25.8 Å². The minimum absolute atomic E-state index is 0.114. The number of carbonyl (C=O) groups is 1. The van der Waals surface area contributed by atoms with E-state index in [2.05, 4.69) is 43.8 Å². The Morgan fingerprint density at radius 1 is 1.57 bits per heavy atom. The van der Waals surface area contributed by atoms with Gasteiger partial charge < -0.3 is 9.30 Å². The zero-order valence-corrected chi connectivity index (χ0v) is 16.0. The summed E-state index contributed by atoms with van der Waals surface area (Å²) < 4.78 is 7.92. The Hall–Kier alpha value is -1.50. The summed E-state index contributed by atoms with van der Waals surface area (Å²) in [6, 6.07) is 3.76. The van der Waals surface area contributed by atoms with Crippen molar-refractivity contribution in [1.82, 2.24) is 4.57 Å². The number of halogens is 2. The number of allylic oxidation sites excluding steroid dienone is 1. The molecule has 0 radical (unpaired) electrons. The Kier molecular flexibility index (Phi) is 5.39. The summed E-state index contributed by atoms with van der Waals surface area (Å²) in [5.74, 6) is 2.25. The van der Waals surface area contributed by atoms with Crippen molar-refractivity contribution >= 4 is 37.8 Å². The fraction of sp³-hybridized carbons (Fsp3) is 0.412. The zero-order valence-electron chi connectivity index (χ0n) is 12.8. The van der Waals surface area contributed by atoms with Crippen LogP contribution < -0.4 is 0 Å². The van der Waals surface area contributed by atoms with Gasteiger partial charge in [0.15, 0.2) is 0 Å². The lowest BCUT2D eigenvalue weighted by molar-refractivity contribution is -0.147. The number of ether oxygens (including phenoxy) is 1. The maximum atomic E-state index is 12.3. The van der Waals surface area contributed by atoms with Crippen LogP contribution in [0.5, 0.6) is 0 Å². The predicted molar refractivity (Wildman–Crippen MR) is 94.5 cm³/mol. The molecule has 6 heteroatoms. The van der Waals surface area contributed by atoms with Crippen molar-refractivity contribution in [2.24, 2.45) is 17.3 Å². The van der Waals surface area contributed by atoms with Gasteiger partial charge in [0.2, 0.25) is 0 Å². The van der Waals surface area contributed by atoms with Crippen molar-refractivity contribution in [3.63, 3.8) is 0 Å². The van der Waals surface area contributed by atoms with Crippen molar-refractivity contribution in [2.45, 2.75) is 27.0 Å². The number of aromatic nitrogens is 1.